The van der Waals surface area contributed by atoms with Crippen molar-refractivity contribution in [3.63, 3.8) is 0 Å². The molecule has 3 heterocycles. The molecule has 1 N–H and O–H groups in total. The van der Waals surface area contributed by atoms with E-state index in [1.807, 2.05) is 56.0 Å². The second kappa shape index (κ2) is 8.38. The number of H-pyrrole nitrogens is 1. The van der Waals surface area contributed by atoms with E-state index in [-0.39, 0.29) is 5.69 Å². The molecule has 0 unspecified atom stereocenters. The molecule has 0 saturated carbocycles. The summed E-state index contributed by atoms with van der Waals surface area (Å²) in [7, 11) is 0. The third-order valence-corrected chi connectivity index (χ3v) is 4.68. The van der Waals surface area contributed by atoms with Gasteiger partial charge in [-0.25, -0.2) is 14.8 Å². The van der Waals surface area contributed by atoms with Crippen LogP contribution in [0, 0.1) is 13.8 Å². The van der Waals surface area contributed by atoms with Gasteiger partial charge in [0.1, 0.15) is 12.5 Å². The molecule has 4 aromatic rings. The van der Waals surface area contributed by atoms with Crippen molar-refractivity contribution in [1.82, 2.24) is 19.5 Å². The van der Waals surface area contributed by atoms with Crippen LogP contribution in [0.4, 0.5) is 11.7 Å². The van der Waals surface area contributed by atoms with Crippen LogP contribution >= 0.6 is 0 Å². The fourth-order valence-electron chi connectivity index (χ4n) is 3.19. The lowest BCUT2D eigenvalue weighted by atomic mass is 10.2. The molecule has 0 saturated heterocycles. The van der Waals surface area contributed by atoms with Crippen LogP contribution in [-0.4, -0.2) is 32.9 Å². The molecule has 0 bridgehead atoms. The van der Waals surface area contributed by atoms with E-state index in [1.165, 1.54) is 4.57 Å². The number of anilines is 2. The Bertz CT molecular complexity index is 1210. The maximum atomic E-state index is 12.1. The summed E-state index contributed by atoms with van der Waals surface area (Å²) in [5.74, 6) is 1.08. The number of rotatable bonds is 7. The number of oxazole rings is 1. The van der Waals surface area contributed by atoms with E-state index >= 15 is 0 Å². The Labute approximate surface area is 173 Å². The SMILES string of the molecule is CCOCN(c1ncc(-c2ccnc(-n3cc(C)[nH]c3=O)c2)o1)c1ccccc1C. The summed E-state index contributed by atoms with van der Waals surface area (Å²) >= 11 is 0. The fourth-order valence-corrected chi connectivity index (χ4v) is 3.19. The van der Waals surface area contributed by atoms with Crippen LogP contribution < -0.4 is 10.6 Å². The Balaban J connectivity index is 1.69. The van der Waals surface area contributed by atoms with Crippen molar-refractivity contribution >= 4 is 11.7 Å². The molecule has 0 radical (unpaired) electrons. The molecule has 0 aliphatic carbocycles. The van der Waals surface area contributed by atoms with E-state index in [0.29, 0.717) is 30.9 Å². The van der Waals surface area contributed by atoms with Crippen LogP contribution in [-0.2, 0) is 4.74 Å². The molecule has 0 spiro atoms. The number of benzene rings is 1. The zero-order chi connectivity index (χ0) is 21.1. The molecule has 8 nitrogen and oxygen atoms in total. The van der Waals surface area contributed by atoms with Crippen LogP contribution in [0.15, 0.2) is 64.2 Å². The number of hydrogen-bond donors (Lipinski definition) is 1. The van der Waals surface area contributed by atoms with Crippen molar-refractivity contribution < 1.29 is 9.15 Å². The third-order valence-electron chi connectivity index (χ3n) is 4.68. The minimum Gasteiger partial charge on any atom is -0.423 e. The van der Waals surface area contributed by atoms with Gasteiger partial charge in [0.05, 0.1) is 11.9 Å². The molecule has 1 aromatic carbocycles. The molecule has 0 aliphatic heterocycles. The molecular formula is C22H23N5O3. The molecule has 8 heteroatoms. The Kier molecular flexibility index (Phi) is 5.49. The number of hydrogen-bond acceptors (Lipinski definition) is 6. The van der Waals surface area contributed by atoms with Gasteiger partial charge in [0.25, 0.3) is 0 Å². The van der Waals surface area contributed by atoms with Crippen LogP contribution in [0.1, 0.15) is 18.2 Å². The van der Waals surface area contributed by atoms with Crippen LogP contribution in [0.25, 0.3) is 17.1 Å². The minimum atomic E-state index is -0.238. The molecule has 30 heavy (non-hydrogen) atoms. The van der Waals surface area contributed by atoms with E-state index < -0.39 is 0 Å². The van der Waals surface area contributed by atoms with Crippen molar-refractivity contribution in [2.75, 3.05) is 18.2 Å². The first-order valence-electron chi connectivity index (χ1n) is 9.68. The predicted octanol–water partition coefficient (Wildman–Crippen LogP) is 3.96. The number of ether oxygens (including phenoxy) is 1. The summed E-state index contributed by atoms with van der Waals surface area (Å²) in [6.45, 7) is 6.70. The second-order valence-electron chi connectivity index (χ2n) is 6.86. The van der Waals surface area contributed by atoms with Gasteiger partial charge in [-0.2, -0.15) is 0 Å². The van der Waals surface area contributed by atoms with Crippen molar-refractivity contribution in [3.05, 3.63) is 76.7 Å². The highest BCUT2D eigenvalue weighted by atomic mass is 16.5. The highest BCUT2D eigenvalue weighted by molar-refractivity contribution is 5.64. The lowest BCUT2D eigenvalue weighted by Crippen LogP contribution is -2.21. The Morgan fingerprint density at radius 3 is 2.77 bits per heavy atom. The summed E-state index contributed by atoms with van der Waals surface area (Å²) in [4.78, 5) is 25.5. The van der Waals surface area contributed by atoms with Gasteiger partial charge in [-0.15, -0.1) is 0 Å². The number of aryl methyl sites for hydroxylation is 2. The molecule has 0 fully saturated rings. The van der Waals surface area contributed by atoms with E-state index in [0.717, 1.165) is 22.5 Å². The molecule has 0 atom stereocenters. The number of aromatic amines is 1. The monoisotopic (exact) mass is 405 g/mol. The summed E-state index contributed by atoms with van der Waals surface area (Å²) in [6, 6.07) is 12.0. The maximum Gasteiger partial charge on any atom is 0.331 e. The van der Waals surface area contributed by atoms with E-state index in [4.69, 9.17) is 9.15 Å². The fraction of sp³-hybridized carbons (Fsp3) is 0.227. The summed E-state index contributed by atoms with van der Waals surface area (Å²) in [5, 5.41) is 0. The van der Waals surface area contributed by atoms with Gasteiger partial charge in [0, 0.05) is 30.3 Å². The number of nitrogens with zero attached hydrogens (tertiary/aromatic N) is 4. The number of imidazole rings is 1. The van der Waals surface area contributed by atoms with Crippen molar-refractivity contribution in [2.24, 2.45) is 0 Å². The third kappa shape index (κ3) is 3.90. The second-order valence-corrected chi connectivity index (χ2v) is 6.86. The molecule has 0 aliphatic rings. The number of nitrogens with one attached hydrogen (secondary N) is 1. The molecule has 3 aromatic heterocycles. The molecule has 154 valence electrons. The highest BCUT2D eigenvalue weighted by Crippen LogP contribution is 2.31. The smallest absolute Gasteiger partial charge is 0.331 e. The highest BCUT2D eigenvalue weighted by Gasteiger charge is 2.18. The molecule has 0 amide bonds. The van der Waals surface area contributed by atoms with E-state index in [9.17, 15) is 4.79 Å². The van der Waals surface area contributed by atoms with E-state index in [1.54, 1.807) is 24.7 Å². The van der Waals surface area contributed by atoms with Gasteiger partial charge in [-0.05, 0) is 44.5 Å². The molecule has 4 rings (SSSR count). The first-order valence-corrected chi connectivity index (χ1v) is 9.68. The Morgan fingerprint density at radius 2 is 2.03 bits per heavy atom. The molecular weight excluding hydrogens is 382 g/mol. The zero-order valence-corrected chi connectivity index (χ0v) is 17.1. The number of pyridine rings is 1. The van der Waals surface area contributed by atoms with Crippen molar-refractivity contribution in [3.8, 4) is 17.1 Å². The van der Waals surface area contributed by atoms with Gasteiger partial charge < -0.3 is 14.1 Å². The summed E-state index contributed by atoms with van der Waals surface area (Å²) in [5.41, 5.74) is 3.34. The van der Waals surface area contributed by atoms with Gasteiger partial charge in [0.2, 0.25) is 0 Å². The van der Waals surface area contributed by atoms with Gasteiger partial charge in [0.15, 0.2) is 5.76 Å². The van der Waals surface area contributed by atoms with Crippen LogP contribution in [0.2, 0.25) is 0 Å². The lowest BCUT2D eigenvalue weighted by molar-refractivity contribution is 0.151. The van der Waals surface area contributed by atoms with Crippen molar-refractivity contribution in [2.45, 2.75) is 20.8 Å². The quantitative estimate of drug-likeness (QED) is 0.468. The topological polar surface area (TPSA) is 89.2 Å². The number of aromatic nitrogens is 4. The zero-order valence-electron chi connectivity index (χ0n) is 17.1. The Hall–Kier alpha value is -3.65. The van der Waals surface area contributed by atoms with Crippen molar-refractivity contribution in [1.29, 1.82) is 0 Å². The first kappa shape index (κ1) is 19.7. The average Bonchev–Trinajstić information content (AvgIpc) is 3.36. The van der Waals surface area contributed by atoms with Crippen LogP contribution in [0.3, 0.4) is 0 Å². The summed E-state index contributed by atoms with van der Waals surface area (Å²) < 4.78 is 13.2. The van der Waals surface area contributed by atoms with E-state index in [2.05, 4.69) is 15.0 Å². The summed E-state index contributed by atoms with van der Waals surface area (Å²) in [6.07, 6.45) is 5.01. The van der Waals surface area contributed by atoms with Gasteiger partial charge in [-0.3, -0.25) is 9.47 Å². The normalized spacial score (nSPS) is 11.0. The van der Waals surface area contributed by atoms with Gasteiger partial charge in [-0.1, -0.05) is 18.2 Å². The standard InChI is InChI=1S/C22H23N5O3/c1-4-29-14-27(18-8-6-5-7-15(18)2)22-24-12-19(30-22)17-9-10-23-20(11-17)26-13-16(3)25-21(26)28/h5-13H,4,14H2,1-3H3,(H,25,28). The van der Waals surface area contributed by atoms with Crippen LogP contribution in [0.5, 0.6) is 0 Å². The minimum absolute atomic E-state index is 0.238. The largest absolute Gasteiger partial charge is 0.423 e. The maximum absolute atomic E-state index is 12.1. The Morgan fingerprint density at radius 1 is 1.20 bits per heavy atom. The predicted molar refractivity (Wildman–Crippen MR) is 114 cm³/mol. The first-order chi connectivity index (χ1) is 14.6. The lowest BCUT2D eigenvalue weighted by Gasteiger charge is -2.22. The number of para-hydroxylation sites is 1. The average molecular weight is 405 g/mol. The van der Waals surface area contributed by atoms with Gasteiger partial charge >= 0.3 is 11.7 Å².